The van der Waals surface area contributed by atoms with Gasteiger partial charge in [0.15, 0.2) is 5.78 Å². The van der Waals surface area contributed by atoms with Gasteiger partial charge in [-0.25, -0.2) is 0 Å². The van der Waals surface area contributed by atoms with Gasteiger partial charge in [-0.15, -0.1) is 0 Å². The van der Waals surface area contributed by atoms with Crippen molar-refractivity contribution in [3.63, 3.8) is 0 Å². The number of ketones is 1. The van der Waals surface area contributed by atoms with E-state index in [2.05, 4.69) is 6.58 Å². The van der Waals surface area contributed by atoms with Gasteiger partial charge in [-0.1, -0.05) is 85.7 Å². The molecule has 3 aromatic rings. The highest BCUT2D eigenvalue weighted by Gasteiger charge is 2.05. The molecule has 0 amide bonds. The van der Waals surface area contributed by atoms with Gasteiger partial charge in [0.2, 0.25) is 0 Å². The van der Waals surface area contributed by atoms with Crippen molar-refractivity contribution in [3.8, 4) is 11.5 Å². The Balaban J connectivity index is 1.28. The van der Waals surface area contributed by atoms with Crippen LogP contribution in [0.3, 0.4) is 0 Å². The summed E-state index contributed by atoms with van der Waals surface area (Å²) in [4.78, 5) is 24.3. The van der Waals surface area contributed by atoms with E-state index in [0.29, 0.717) is 24.3 Å². The second-order valence-corrected chi connectivity index (χ2v) is 8.42. The predicted octanol–water partition coefficient (Wildman–Crippen LogP) is 7.55. The quantitative estimate of drug-likeness (QED) is 0.0854. The lowest BCUT2D eigenvalue weighted by molar-refractivity contribution is -0.134. The number of esters is 1. The molecule has 0 aromatic heterocycles. The highest BCUT2D eigenvalue weighted by atomic mass is 16.5. The molecule has 0 heterocycles. The zero-order valence-electron chi connectivity index (χ0n) is 20.2. The summed E-state index contributed by atoms with van der Waals surface area (Å²) < 4.78 is 11.2. The molecule has 4 heteroatoms. The van der Waals surface area contributed by atoms with Crippen molar-refractivity contribution in [1.82, 2.24) is 0 Å². The molecule has 0 fully saturated rings. The van der Waals surface area contributed by atoms with Crippen molar-refractivity contribution in [2.45, 2.75) is 39.0 Å². The summed E-state index contributed by atoms with van der Waals surface area (Å²) in [5.74, 6) is 1.08. The maximum Gasteiger partial charge on any atom is 0.311 e. The van der Waals surface area contributed by atoms with Gasteiger partial charge in [0.1, 0.15) is 11.5 Å². The highest BCUT2D eigenvalue weighted by Crippen LogP contribution is 2.18. The Morgan fingerprint density at radius 1 is 0.771 bits per heavy atom. The van der Waals surface area contributed by atoms with Crippen molar-refractivity contribution in [2.75, 3.05) is 6.61 Å². The number of rotatable bonds is 13. The molecule has 0 aliphatic carbocycles. The molecule has 0 aliphatic rings. The van der Waals surface area contributed by atoms with Crippen LogP contribution in [-0.2, 0) is 4.79 Å². The molecule has 3 aromatic carbocycles. The standard InChI is InChI=1S/C31H32O4/c1-24(2)26-16-20-28(21-17-26)34-23-9-4-3-8-12-31(33)35-29-18-13-25(14-19-29)15-22-30(32)27-10-6-5-7-11-27/h5-7,10-11,13-22H,1,3-4,8-9,12,23H2,2H3. The van der Waals surface area contributed by atoms with Crippen molar-refractivity contribution in [1.29, 1.82) is 0 Å². The fourth-order valence-electron chi connectivity index (χ4n) is 3.45. The van der Waals surface area contributed by atoms with E-state index < -0.39 is 0 Å². The van der Waals surface area contributed by atoms with Crippen LogP contribution in [0.1, 0.15) is 60.5 Å². The van der Waals surface area contributed by atoms with Crippen molar-refractivity contribution >= 4 is 23.4 Å². The van der Waals surface area contributed by atoms with Crippen LogP contribution >= 0.6 is 0 Å². The second kappa shape index (κ2) is 13.7. The molecule has 35 heavy (non-hydrogen) atoms. The number of hydrogen-bond donors (Lipinski definition) is 0. The molecule has 0 bridgehead atoms. The molecular weight excluding hydrogens is 436 g/mol. The molecular formula is C31H32O4. The van der Waals surface area contributed by atoms with Gasteiger partial charge in [-0.2, -0.15) is 0 Å². The Morgan fingerprint density at radius 3 is 2.11 bits per heavy atom. The van der Waals surface area contributed by atoms with Crippen LogP contribution in [0.15, 0.2) is 91.5 Å². The number of hydrogen-bond acceptors (Lipinski definition) is 4. The summed E-state index contributed by atoms with van der Waals surface area (Å²) in [7, 11) is 0. The van der Waals surface area contributed by atoms with Gasteiger partial charge < -0.3 is 9.47 Å². The molecule has 0 radical (unpaired) electrons. The van der Waals surface area contributed by atoms with Crippen LogP contribution in [-0.4, -0.2) is 18.4 Å². The summed E-state index contributed by atoms with van der Waals surface area (Å²) in [6.45, 7) is 6.58. The SMILES string of the molecule is C=C(C)c1ccc(OCCCCCCC(=O)Oc2ccc(C=CC(=O)c3ccccc3)cc2)cc1. The Kier molecular flexibility index (Phi) is 10.1. The first-order valence-electron chi connectivity index (χ1n) is 12.0. The minimum Gasteiger partial charge on any atom is -0.494 e. The Bertz CT molecular complexity index is 1130. The molecule has 0 saturated heterocycles. The van der Waals surface area contributed by atoms with Gasteiger partial charge >= 0.3 is 5.97 Å². The zero-order chi connectivity index (χ0) is 24.9. The largest absolute Gasteiger partial charge is 0.494 e. The lowest BCUT2D eigenvalue weighted by atomic mass is 10.1. The lowest BCUT2D eigenvalue weighted by Gasteiger charge is -2.07. The molecule has 0 atom stereocenters. The summed E-state index contributed by atoms with van der Waals surface area (Å²) in [6.07, 6.45) is 7.36. The van der Waals surface area contributed by atoms with Crippen molar-refractivity contribution in [2.24, 2.45) is 0 Å². The zero-order valence-corrected chi connectivity index (χ0v) is 20.2. The first-order valence-corrected chi connectivity index (χ1v) is 12.0. The number of carbonyl (C=O) groups excluding carboxylic acids is 2. The van der Waals surface area contributed by atoms with E-state index in [1.807, 2.05) is 61.5 Å². The molecule has 0 spiro atoms. The van der Waals surface area contributed by atoms with E-state index in [4.69, 9.17) is 9.47 Å². The maximum atomic E-state index is 12.1. The fraction of sp³-hybridized carbons (Fsp3) is 0.226. The van der Waals surface area contributed by atoms with E-state index >= 15 is 0 Å². The fourth-order valence-corrected chi connectivity index (χ4v) is 3.45. The molecule has 180 valence electrons. The van der Waals surface area contributed by atoms with Crippen LogP contribution < -0.4 is 9.47 Å². The Labute approximate surface area is 207 Å². The van der Waals surface area contributed by atoms with Crippen LogP contribution in [0, 0.1) is 0 Å². The van der Waals surface area contributed by atoms with E-state index in [1.165, 1.54) is 0 Å². The third-order valence-electron chi connectivity index (χ3n) is 5.49. The molecule has 0 aliphatic heterocycles. The average molecular weight is 469 g/mol. The Morgan fingerprint density at radius 2 is 1.43 bits per heavy atom. The van der Waals surface area contributed by atoms with Gasteiger partial charge in [0.25, 0.3) is 0 Å². The molecule has 0 unspecified atom stereocenters. The van der Waals surface area contributed by atoms with E-state index in [0.717, 1.165) is 48.1 Å². The van der Waals surface area contributed by atoms with Gasteiger partial charge in [0, 0.05) is 12.0 Å². The van der Waals surface area contributed by atoms with E-state index in [1.54, 1.807) is 36.4 Å². The van der Waals surface area contributed by atoms with E-state index in [-0.39, 0.29) is 11.8 Å². The molecule has 0 saturated carbocycles. The summed E-state index contributed by atoms with van der Waals surface area (Å²) in [5.41, 5.74) is 3.67. The predicted molar refractivity (Wildman–Crippen MR) is 142 cm³/mol. The van der Waals surface area contributed by atoms with Crippen molar-refractivity contribution in [3.05, 3.63) is 108 Å². The number of ether oxygens (including phenoxy) is 2. The number of unbranched alkanes of at least 4 members (excludes halogenated alkanes) is 3. The number of benzene rings is 3. The van der Waals surface area contributed by atoms with E-state index in [9.17, 15) is 9.59 Å². The maximum absolute atomic E-state index is 12.1. The third-order valence-corrected chi connectivity index (χ3v) is 5.49. The lowest BCUT2D eigenvalue weighted by Crippen LogP contribution is -2.07. The Hall–Kier alpha value is -3.92. The molecule has 3 rings (SSSR count). The normalized spacial score (nSPS) is 10.8. The smallest absolute Gasteiger partial charge is 0.311 e. The first kappa shape index (κ1) is 25.7. The monoisotopic (exact) mass is 468 g/mol. The minimum absolute atomic E-state index is 0.0510. The minimum atomic E-state index is -0.235. The molecule has 0 N–H and O–H groups in total. The van der Waals surface area contributed by atoms with Crippen LogP contribution in [0.25, 0.3) is 11.6 Å². The topological polar surface area (TPSA) is 52.6 Å². The second-order valence-electron chi connectivity index (χ2n) is 8.42. The van der Waals surface area contributed by atoms with Crippen LogP contribution in [0.5, 0.6) is 11.5 Å². The number of allylic oxidation sites excluding steroid dienone is 2. The van der Waals surface area contributed by atoms with Crippen LogP contribution in [0.4, 0.5) is 0 Å². The third kappa shape index (κ3) is 9.09. The average Bonchev–Trinajstić information content (AvgIpc) is 2.88. The first-order chi connectivity index (χ1) is 17.0. The summed E-state index contributed by atoms with van der Waals surface area (Å²) >= 11 is 0. The summed E-state index contributed by atoms with van der Waals surface area (Å²) in [5, 5.41) is 0. The van der Waals surface area contributed by atoms with Gasteiger partial charge in [-0.3, -0.25) is 9.59 Å². The van der Waals surface area contributed by atoms with Crippen LogP contribution in [0.2, 0.25) is 0 Å². The van der Waals surface area contributed by atoms with Gasteiger partial charge in [-0.05, 0) is 61.2 Å². The van der Waals surface area contributed by atoms with Gasteiger partial charge in [0.05, 0.1) is 6.61 Å². The highest BCUT2D eigenvalue weighted by molar-refractivity contribution is 6.06. The molecule has 4 nitrogen and oxygen atoms in total. The summed E-state index contributed by atoms with van der Waals surface area (Å²) in [6, 6.07) is 24.2. The van der Waals surface area contributed by atoms with Crippen molar-refractivity contribution < 1.29 is 19.1 Å². The number of carbonyl (C=O) groups is 2.